The molecule has 0 aliphatic heterocycles. The van der Waals surface area contributed by atoms with E-state index in [9.17, 15) is 4.79 Å². The molecule has 0 saturated heterocycles. The fourth-order valence-electron chi connectivity index (χ4n) is 1.79. The number of nitrogens with one attached hydrogen (secondary N) is 1. The van der Waals surface area contributed by atoms with E-state index in [1.165, 1.54) is 0 Å². The van der Waals surface area contributed by atoms with Crippen LogP contribution in [-0.2, 0) is 7.05 Å². The zero-order valence-electron chi connectivity index (χ0n) is 11.2. The van der Waals surface area contributed by atoms with Gasteiger partial charge >= 0.3 is 0 Å². The van der Waals surface area contributed by atoms with Crippen LogP contribution in [0.2, 0.25) is 0 Å². The minimum Gasteiger partial charge on any atom is -0.397 e. The summed E-state index contributed by atoms with van der Waals surface area (Å²) in [6, 6.07) is 6.97. The minimum absolute atomic E-state index is 0.208. The first-order chi connectivity index (χ1) is 8.99. The maximum atomic E-state index is 12.1. The number of nitrogens with zero attached hydrogens (tertiary/aromatic N) is 3. The molecule has 0 atom stereocenters. The Kier molecular flexibility index (Phi) is 3.41. The predicted molar refractivity (Wildman–Crippen MR) is 76.3 cm³/mol. The number of nitrogens with two attached hydrogens (primary N) is 1. The summed E-state index contributed by atoms with van der Waals surface area (Å²) in [6.07, 6.45) is 1.62. The normalized spacial score (nSPS) is 10.3. The third kappa shape index (κ3) is 2.67. The van der Waals surface area contributed by atoms with Crippen LogP contribution < -0.4 is 16.0 Å². The SMILES string of the molecule is CN(C)c1ccc(C(=O)Nc2ccnn2C)cc1N. The van der Waals surface area contributed by atoms with Crippen LogP contribution in [0.1, 0.15) is 10.4 Å². The second-order valence-corrected chi connectivity index (χ2v) is 4.46. The zero-order chi connectivity index (χ0) is 14.0. The fraction of sp³-hybridized carbons (Fsp3) is 0.231. The monoisotopic (exact) mass is 259 g/mol. The smallest absolute Gasteiger partial charge is 0.256 e. The lowest BCUT2D eigenvalue weighted by Crippen LogP contribution is -2.16. The third-order valence-corrected chi connectivity index (χ3v) is 2.83. The molecule has 6 nitrogen and oxygen atoms in total. The first-order valence-corrected chi connectivity index (χ1v) is 5.85. The number of hydrogen-bond acceptors (Lipinski definition) is 4. The van der Waals surface area contributed by atoms with Crippen molar-refractivity contribution in [3.05, 3.63) is 36.0 Å². The van der Waals surface area contributed by atoms with E-state index in [4.69, 9.17) is 5.73 Å². The number of aromatic nitrogens is 2. The number of carbonyl (C=O) groups is 1. The number of aryl methyl sites for hydroxylation is 1. The van der Waals surface area contributed by atoms with Crippen LogP contribution in [0.3, 0.4) is 0 Å². The molecule has 1 aromatic carbocycles. The van der Waals surface area contributed by atoms with Gasteiger partial charge in [0.05, 0.1) is 17.6 Å². The average molecular weight is 259 g/mol. The van der Waals surface area contributed by atoms with E-state index in [0.29, 0.717) is 17.1 Å². The lowest BCUT2D eigenvalue weighted by atomic mass is 10.1. The first-order valence-electron chi connectivity index (χ1n) is 5.85. The van der Waals surface area contributed by atoms with Crippen molar-refractivity contribution < 1.29 is 4.79 Å². The third-order valence-electron chi connectivity index (χ3n) is 2.83. The number of carbonyl (C=O) groups excluding carboxylic acids is 1. The Bertz CT molecular complexity index is 603. The van der Waals surface area contributed by atoms with Crippen molar-refractivity contribution in [2.24, 2.45) is 7.05 Å². The molecular weight excluding hydrogens is 242 g/mol. The Labute approximate surface area is 111 Å². The summed E-state index contributed by atoms with van der Waals surface area (Å²) in [4.78, 5) is 14.0. The summed E-state index contributed by atoms with van der Waals surface area (Å²) in [5.74, 6) is 0.431. The van der Waals surface area contributed by atoms with Gasteiger partial charge in [-0.25, -0.2) is 0 Å². The molecule has 3 N–H and O–H groups in total. The molecule has 2 rings (SSSR count). The summed E-state index contributed by atoms with van der Waals surface area (Å²) in [5, 5.41) is 6.76. The van der Waals surface area contributed by atoms with Crippen molar-refractivity contribution in [1.82, 2.24) is 9.78 Å². The Morgan fingerprint density at radius 2 is 2.11 bits per heavy atom. The molecule has 0 bridgehead atoms. The summed E-state index contributed by atoms with van der Waals surface area (Å²) in [5.41, 5.74) is 7.90. The quantitative estimate of drug-likeness (QED) is 0.815. The average Bonchev–Trinajstić information content (AvgIpc) is 2.74. The highest BCUT2D eigenvalue weighted by molar-refractivity contribution is 6.04. The molecule has 0 unspecified atom stereocenters. The standard InChI is InChI=1S/C13H17N5O/c1-17(2)11-5-4-9(8-10(11)14)13(19)16-12-6-7-15-18(12)3/h4-8H,14H2,1-3H3,(H,16,19). The Morgan fingerprint density at radius 1 is 1.37 bits per heavy atom. The highest BCUT2D eigenvalue weighted by Gasteiger charge is 2.10. The van der Waals surface area contributed by atoms with Gasteiger partial charge in [0.1, 0.15) is 5.82 Å². The first kappa shape index (κ1) is 12.9. The van der Waals surface area contributed by atoms with Crippen molar-refractivity contribution in [3.63, 3.8) is 0 Å². The summed E-state index contributed by atoms with van der Waals surface area (Å²) in [6.45, 7) is 0. The number of hydrogen-bond donors (Lipinski definition) is 2. The van der Waals surface area contributed by atoms with E-state index >= 15 is 0 Å². The molecule has 2 aromatic rings. The highest BCUT2D eigenvalue weighted by atomic mass is 16.1. The topological polar surface area (TPSA) is 76.2 Å². The van der Waals surface area contributed by atoms with E-state index in [0.717, 1.165) is 5.69 Å². The van der Waals surface area contributed by atoms with Crippen LogP contribution in [0.25, 0.3) is 0 Å². The van der Waals surface area contributed by atoms with Crippen molar-refractivity contribution >= 4 is 23.1 Å². The fourth-order valence-corrected chi connectivity index (χ4v) is 1.79. The van der Waals surface area contributed by atoms with Gasteiger partial charge < -0.3 is 16.0 Å². The van der Waals surface area contributed by atoms with Gasteiger partial charge in [0.15, 0.2) is 0 Å². The van der Waals surface area contributed by atoms with Gasteiger partial charge in [-0.2, -0.15) is 5.10 Å². The molecule has 0 radical (unpaired) electrons. The van der Waals surface area contributed by atoms with Crippen LogP contribution in [0.4, 0.5) is 17.2 Å². The zero-order valence-corrected chi connectivity index (χ0v) is 11.2. The summed E-state index contributed by atoms with van der Waals surface area (Å²) in [7, 11) is 5.57. The number of anilines is 3. The van der Waals surface area contributed by atoms with Gasteiger partial charge in [0.2, 0.25) is 0 Å². The predicted octanol–water partition coefficient (Wildman–Crippen LogP) is 1.32. The largest absolute Gasteiger partial charge is 0.397 e. The van der Waals surface area contributed by atoms with Crippen LogP contribution in [0.5, 0.6) is 0 Å². The number of amides is 1. The maximum absolute atomic E-state index is 12.1. The molecule has 0 spiro atoms. The molecule has 19 heavy (non-hydrogen) atoms. The molecule has 6 heteroatoms. The van der Waals surface area contributed by atoms with Gasteiger partial charge in [-0.15, -0.1) is 0 Å². The van der Waals surface area contributed by atoms with E-state index < -0.39 is 0 Å². The van der Waals surface area contributed by atoms with E-state index in [2.05, 4.69) is 10.4 Å². The van der Waals surface area contributed by atoms with E-state index in [-0.39, 0.29) is 5.91 Å². The van der Waals surface area contributed by atoms with Crippen LogP contribution >= 0.6 is 0 Å². The minimum atomic E-state index is -0.208. The summed E-state index contributed by atoms with van der Waals surface area (Å²) >= 11 is 0. The van der Waals surface area contributed by atoms with Gasteiger partial charge in [0.25, 0.3) is 5.91 Å². The van der Waals surface area contributed by atoms with Gasteiger partial charge in [-0.3, -0.25) is 9.48 Å². The van der Waals surface area contributed by atoms with Gasteiger partial charge in [-0.05, 0) is 18.2 Å². The number of rotatable bonds is 3. The second kappa shape index (κ2) is 5.01. The van der Waals surface area contributed by atoms with Crippen LogP contribution in [0.15, 0.2) is 30.5 Å². The lowest BCUT2D eigenvalue weighted by molar-refractivity contribution is 0.102. The molecule has 100 valence electrons. The van der Waals surface area contributed by atoms with Gasteiger partial charge in [-0.1, -0.05) is 0 Å². The Morgan fingerprint density at radius 3 is 2.63 bits per heavy atom. The number of nitrogen functional groups attached to an aromatic ring is 1. The molecule has 0 saturated carbocycles. The van der Waals surface area contributed by atoms with E-state index in [1.807, 2.05) is 25.1 Å². The van der Waals surface area contributed by atoms with Crippen molar-refractivity contribution in [2.45, 2.75) is 0 Å². The lowest BCUT2D eigenvalue weighted by Gasteiger charge is -2.15. The second-order valence-electron chi connectivity index (χ2n) is 4.46. The van der Waals surface area contributed by atoms with Crippen LogP contribution in [-0.4, -0.2) is 29.8 Å². The molecule has 1 aromatic heterocycles. The molecule has 1 amide bonds. The molecule has 1 heterocycles. The van der Waals surface area contributed by atoms with Crippen LogP contribution in [0, 0.1) is 0 Å². The molecule has 0 aliphatic carbocycles. The van der Waals surface area contributed by atoms with Crippen molar-refractivity contribution in [3.8, 4) is 0 Å². The molecular formula is C13H17N5O. The highest BCUT2D eigenvalue weighted by Crippen LogP contribution is 2.22. The van der Waals surface area contributed by atoms with Crippen molar-refractivity contribution in [1.29, 1.82) is 0 Å². The van der Waals surface area contributed by atoms with Crippen molar-refractivity contribution in [2.75, 3.05) is 30.0 Å². The number of benzene rings is 1. The maximum Gasteiger partial charge on any atom is 0.256 e. The molecule has 0 aliphatic rings. The summed E-state index contributed by atoms with van der Waals surface area (Å²) < 4.78 is 1.59. The van der Waals surface area contributed by atoms with E-state index in [1.54, 1.807) is 36.1 Å². The molecule has 0 fully saturated rings. The Hall–Kier alpha value is -2.50. The Balaban J connectivity index is 2.21. The van der Waals surface area contributed by atoms with Gasteiger partial charge in [0, 0.05) is 32.8 Å².